The first kappa shape index (κ1) is 36.7. The van der Waals surface area contributed by atoms with E-state index in [2.05, 4.69) is 58.1 Å². The summed E-state index contributed by atoms with van der Waals surface area (Å²) in [6.45, 7) is 11.7. The molecule has 3 aliphatic heterocycles. The molecule has 2 atom stereocenters. The van der Waals surface area contributed by atoms with Crippen LogP contribution in [0.1, 0.15) is 24.0 Å². The fourth-order valence-corrected chi connectivity index (χ4v) is 6.39. The third-order valence-electron chi connectivity index (χ3n) is 9.10. The summed E-state index contributed by atoms with van der Waals surface area (Å²) >= 11 is 5.45. The lowest BCUT2D eigenvalue weighted by molar-refractivity contribution is -0.167. The number of carboxylic acids is 1. The summed E-state index contributed by atoms with van der Waals surface area (Å²) in [6, 6.07) is 19.1. The van der Waals surface area contributed by atoms with E-state index in [0.717, 1.165) is 57.0 Å². The lowest BCUT2D eigenvalue weighted by Crippen LogP contribution is -2.69. The van der Waals surface area contributed by atoms with Crippen molar-refractivity contribution in [3.05, 3.63) is 84.2 Å². The summed E-state index contributed by atoms with van der Waals surface area (Å²) < 4.78 is 0. The number of hydrogen-bond donors (Lipinski definition) is 3. The molecule has 1 unspecified atom stereocenters. The van der Waals surface area contributed by atoms with Crippen molar-refractivity contribution in [2.24, 2.45) is 11.7 Å². The normalized spacial score (nSPS) is 19.9. The zero-order chi connectivity index (χ0) is 34.5. The van der Waals surface area contributed by atoms with Crippen LogP contribution in [0.3, 0.4) is 0 Å². The molecule has 4 amide bonds. The minimum Gasteiger partial charge on any atom is -0.480 e. The maximum Gasteiger partial charge on any atom is 0.327 e. The van der Waals surface area contributed by atoms with E-state index in [1.165, 1.54) is 11.1 Å². The number of piperazine rings is 2. The Morgan fingerprint density at radius 3 is 1.73 bits per heavy atom. The summed E-state index contributed by atoms with van der Waals surface area (Å²) in [5.74, 6) is -1.90. The number of halogens is 1. The Morgan fingerprint density at radius 2 is 1.29 bits per heavy atom. The number of amides is 4. The van der Waals surface area contributed by atoms with E-state index in [1.807, 2.05) is 24.3 Å². The second-order valence-electron chi connectivity index (χ2n) is 12.4. The SMILES string of the molecule is C=C(N)NCCC[C@H]1C(=O)N(C(=O)N2CCN(CCc3ccccc3)CC2)C1C(=O)O.O=C(Cl)N1CCN(CCc2ccccc2)CC1. The number of hydrogen-bond acceptors (Lipinski definition) is 8. The van der Waals surface area contributed by atoms with Gasteiger partial charge in [0.2, 0.25) is 5.91 Å². The Balaban J connectivity index is 0.000000257. The Bertz CT molecular complexity index is 1370. The predicted molar refractivity (Wildman–Crippen MR) is 185 cm³/mol. The average molecular weight is 682 g/mol. The van der Waals surface area contributed by atoms with Gasteiger partial charge in [-0.25, -0.2) is 14.5 Å². The van der Waals surface area contributed by atoms with Gasteiger partial charge in [0.05, 0.1) is 11.7 Å². The van der Waals surface area contributed by atoms with E-state index in [0.29, 0.717) is 51.4 Å². The highest BCUT2D eigenvalue weighted by Crippen LogP contribution is 2.32. The second kappa shape index (κ2) is 18.4. The monoisotopic (exact) mass is 681 g/mol. The van der Waals surface area contributed by atoms with Crippen LogP contribution in [0, 0.1) is 5.92 Å². The van der Waals surface area contributed by atoms with E-state index < -0.39 is 29.9 Å². The van der Waals surface area contributed by atoms with Crippen LogP contribution >= 0.6 is 11.6 Å². The van der Waals surface area contributed by atoms with Gasteiger partial charge in [-0.1, -0.05) is 67.2 Å². The van der Waals surface area contributed by atoms with E-state index in [9.17, 15) is 24.3 Å². The molecule has 3 fully saturated rings. The van der Waals surface area contributed by atoms with Crippen molar-refractivity contribution in [3.63, 3.8) is 0 Å². The quantitative estimate of drug-likeness (QED) is 0.133. The Morgan fingerprint density at radius 1 is 0.812 bits per heavy atom. The molecule has 3 aliphatic rings. The van der Waals surface area contributed by atoms with Crippen molar-refractivity contribution >= 4 is 34.9 Å². The van der Waals surface area contributed by atoms with Crippen LogP contribution in [0.15, 0.2) is 73.1 Å². The van der Waals surface area contributed by atoms with Gasteiger partial charge in [0.1, 0.15) is 0 Å². The number of nitrogens with two attached hydrogens (primary N) is 1. The van der Waals surface area contributed by atoms with Crippen LogP contribution in [0.2, 0.25) is 0 Å². The molecule has 260 valence electrons. The standard InChI is InChI=1S/C22H31N5O4.C13H17ClN2O/c1-16(23)24-10-5-8-18-19(21(29)30)27(20(18)28)22(31)26-14-12-25(13-15-26)11-9-17-6-3-2-4-7-17;14-13(17)16-10-8-15(9-11-16)7-6-12-4-2-1-3-5-12/h2-4,6-7,18-19,24H,1,5,8-15,23H2,(H,29,30);1-5H,6-11H2/t18-,19?;/m1./s1. The number of aliphatic carboxylic acids is 1. The lowest BCUT2D eigenvalue weighted by atomic mass is 9.83. The predicted octanol–water partition coefficient (Wildman–Crippen LogP) is 2.88. The maximum atomic E-state index is 12.9. The topological polar surface area (TPSA) is 143 Å². The molecule has 13 heteroatoms. The highest BCUT2D eigenvalue weighted by Gasteiger charge is 2.55. The largest absolute Gasteiger partial charge is 0.480 e. The van der Waals surface area contributed by atoms with Crippen molar-refractivity contribution in [1.82, 2.24) is 29.8 Å². The Labute approximate surface area is 288 Å². The molecule has 0 bridgehead atoms. The lowest BCUT2D eigenvalue weighted by Gasteiger charge is -2.46. The molecule has 2 aromatic carbocycles. The summed E-state index contributed by atoms with van der Waals surface area (Å²) in [6.07, 6.45) is 2.95. The number of benzene rings is 2. The third kappa shape index (κ3) is 10.7. The first-order valence-corrected chi connectivity index (χ1v) is 17.0. The molecule has 2 aromatic rings. The van der Waals surface area contributed by atoms with Crippen LogP contribution in [0.5, 0.6) is 0 Å². The summed E-state index contributed by atoms with van der Waals surface area (Å²) in [5, 5.41) is 12.1. The highest BCUT2D eigenvalue weighted by molar-refractivity contribution is 6.62. The number of urea groups is 1. The van der Waals surface area contributed by atoms with E-state index >= 15 is 0 Å². The molecule has 5 rings (SSSR count). The molecule has 0 radical (unpaired) electrons. The minimum absolute atomic E-state index is 0.326. The van der Waals surface area contributed by atoms with Crippen LogP contribution in [0.4, 0.5) is 9.59 Å². The van der Waals surface area contributed by atoms with Gasteiger partial charge in [-0.05, 0) is 48.4 Å². The number of likely N-dealkylation sites (tertiary alicyclic amines) is 1. The summed E-state index contributed by atoms with van der Waals surface area (Å²) in [5.41, 5.74) is 8.07. The van der Waals surface area contributed by atoms with Crippen molar-refractivity contribution in [2.75, 3.05) is 72.0 Å². The number of β-lactam (4-membered cyclic amide) rings is 1. The first-order chi connectivity index (χ1) is 23.1. The number of nitrogens with one attached hydrogen (secondary N) is 1. The third-order valence-corrected chi connectivity index (χ3v) is 9.34. The number of nitrogens with zero attached hydrogens (tertiary/aromatic N) is 5. The summed E-state index contributed by atoms with van der Waals surface area (Å²) in [7, 11) is 0. The molecule has 3 heterocycles. The minimum atomic E-state index is -1.14. The highest BCUT2D eigenvalue weighted by atomic mass is 35.5. The summed E-state index contributed by atoms with van der Waals surface area (Å²) in [4.78, 5) is 57.0. The smallest absolute Gasteiger partial charge is 0.327 e. The van der Waals surface area contributed by atoms with Gasteiger partial charge in [0.15, 0.2) is 6.04 Å². The fourth-order valence-electron chi connectivity index (χ4n) is 6.22. The number of carbonyl (C=O) groups excluding carboxylic acids is 3. The van der Waals surface area contributed by atoms with Gasteiger partial charge in [-0.15, -0.1) is 0 Å². The van der Waals surface area contributed by atoms with Gasteiger partial charge in [-0.2, -0.15) is 0 Å². The first-order valence-electron chi connectivity index (χ1n) is 16.6. The molecule has 0 saturated carbocycles. The Kier molecular flexibility index (Phi) is 14.1. The zero-order valence-corrected chi connectivity index (χ0v) is 28.3. The van der Waals surface area contributed by atoms with E-state index in [1.54, 1.807) is 9.80 Å². The van der Waals surface area contributed by atoms with Crippen LogP contribution < -0.4 is 11.1 Å². The van der Waals surface area contributed by atoms with Crippen LogP contribution in [0.25, 0.3) is 0 Å². The van der Waals surface area contributed by atoms with Crippen LogP contribution in [-0.4, -0.2) is 131 Å². The van der Waals surface area contributed by atoms with Gasteiger partial charge in [-0.3, -0.25) is 19.4 Å². The van der Waals surface area contributed by atoms with Crippen molar-refractivity contribution in [3.8, 4) is 0 Å². The van der Waals surface area contributed by atoms with Crippen molar-refractivity contribution in [2.45, 2.75) is 31.7 Å². The van der Waals surface area contributed by atoms with Gasteiger partial charge < -0.3 is 26.0 Å². The zero-order valence-electron chi connectivity index (χ0n) is 27.5. The molecule has 12 nitrogen and oxygen atoms in total. The molecule has 48 heavy (non-hydrogen) atoms. The number of carboxylic acid groups (broad SMARTS) is 1. The number of imide groups is 1. The molecular weight excluding hydrogens is 634 g/mol. The Hall–Kier alpha value is -4.13. The number of rotatable bonds is 12. The van der Waals surface area contributed by atoms with Crippen LogP contribution in [-0.2, 0) is 22.4 Å². The fraction of sp³-hybridized carbons (Fsp3) is 0.486. The molecule has 0 spiro atoms. The van der Waals surface area contributed by atoms with Gasteiger partial charge in [0, 0.05) is 72.0 Å². The average Bonchev–Trinajstić information content (AvgIpc) is 3.09. The van der Waals surface area contributed by atoms with E-state index in [-0.39, 0.29) is 5.37 Å². The molecule has 3 saturated heterocycles. The number of carbonyl (C=O) groups is 4. The van der Waals surface area contributed by atoms with Crippen molar-refractivity contribution < 1.29 is 24.3 Å². The second-order valence-corrected chi connectivity index (χ2v) is 12.7. The van der Waals surface area contributed by atoms with E-state index in [4.69, 9.17) is 17.3 Å². The van der Waals surface area contributed by atoms with Crippen molar-refractivity contribution in [1.29, 1.82) is 0 Å². The molecule has 4 N–H and O–H groups in total. The molecule has 0 aromatic heterocycles. The maximum absolute atomic E-state index is 12.9. The van der Waals surface area contributed by atoms with Gasteiger partial charge in [0.25, 0.3) is 0 Å². The molecular formula is C35H48ClN7O5. The molecule has 0 aliphatic carbocycles. The van der Waals surface area contributed by atoms with Gasteiger partial charge >= 0.3 is 17.4 Å².